The van der Waals surface area contributed by atoms with E-state index in [2.05, 4.69) is 4.74 Å². The summed E-state index contributed by atoms with van der Waals surface area (Å²) in [6, 6.07) is 0. The van der Waals surface area contributed by atoms with Gasteiger partial charge in [0, 0.05) is 0 Å². The van der Waals surface area contributed by atoms with Gasteiger partial charge in [-0.25, -0.2) is 0 Å². The standard InChI is InChI=1S/C7H9F3O2/c1-5(11)6(2-3-6)12-4-7(8,9)10/h2-4H2,1H3. The second kappa shape index (κ2) is 2.73. The molecule has 0 aromatic rings. The summed E-state index contributed by atoms with van der Waals surface area (Å²) in [5.74, 6) is -0.313. The highest BCUT2D eigenvalue weighted by Gasteiger charge is 2.50. The van der Waals surface area contributed by atoms with Crippen molar-refractivity contribution in [1.29, 1.82) is 0 Å². The third kappa shape index (κ3) is 2.20. The zero-order chi connectivity index (χ0) is 9.41. The molecule has 1 aliphatic rings. The quantitative estimate of drug-likeness (QED) is 0.663. The third-order valence-electron chi connectivity index (χ3n) is 1.86. The number of carbonyl (C=O) groups excluding carboxylic acids is 1. The fourth-order valence-electron chi connectivity index (χ4n) is 0.932. The molecule has 0 amide bonds. The zero-order valence-electron chi connectivity index (χ0n) is 6.57. The lowest BCUT2D eigenvalue weighted by molar-refractivity contribution is -0.190. The van der Waals surface area contributed by atoms with Crippen molar-refractivity contribution < 1.29 is 22.7 Å². The minimum absolute atomic E-state index is 0.313. The Morgan fingerprint density at radius 3 is 2.25 bits per heavy atom. The zero-order valence-corrected chi connectivity index (χ0v) is 6.57. The van der Waals surface area contributed by atoms with Crippen molar-refractivity contribution in [2.24, 2.45) is 0 Å². The lowest BCUT2D eigenvalue weighted by atomic mass is 10.2. The Morgan fingerprint density at radius 2 is 2.00 bits per heavy atom. The molecule has 0 radical (unpaired) electrons. The highest BCUT2D eigenvalue weighted by molar-refractivity contribution is 5.87. The van der Waals surface area contributed by atoms with Gasteiger partial charge in [0.1, 0.15) is 12.2 Å². The largest absolute Gasteiger partial charge is 0.411 e. The first kappa shape index (κ1) is 9.51. The Morgan fingerprint density at radius 1 is 1.50 bits per heavy atom. The summed E-state index contributed by atoms with van der Waals surface area (Å²) in [4.78, 5) is 10.8. The lowest BCUT2D eigenvalue weighted by Crippen LogP contribution is -2.29. The monoisotopic (exact) mass is 182 g/mol. The smallest absolute Gasteiger partial charge is 0.358 e. The summed E-state index contributed by atoms with van der Waals surface area (Å²) in [6.07, 6.45) is -3.51. The molecule has 70 valence electrons. The molecule has 0 aromatic heterocycles. The number of alkyl halides is 3. The molecule has 1 rings (SSSR count). The van der Waals surface area contributed by atoms with Crippen molar-refractivity contribution in [2.45, 2.75) is 31.5 Å². The van der Waals surface area contributed by atoms with Crippen molar-refractivity contribution in [3.8, 4) is 0 Å². The first-order valence-electron chi connectivity index (χ1n) is 3.57. The van der Waals surface area contributed by atoms with Crippen LogP contribution in [0.25, 0.3) is 0 Å². The topological polar surface area (TPSA) is 26.3 Å². The van der Waals surface area contributed by atoms with Crippen LogP contribution in [0.1, 0.15) is 19.8 Å². The van der Waals surface area contributed by atoms with Gasteiger partial charge >= 0.3 is 6.18 Å². The van der Waals surface area contributed by atoms with Crippen molar-refractivity contribution in [2.75, 3.05) is 6.61 Å². The number of ether oxygens (including phenoxy) is 1. The van der Waals surface area contributed by atoms with Crippen LogP contribution in [0.15, 0.2) is 0 Å². The molecular weight excluding hydrogens is 173 g/mol. The number of halogens is 3. The van der Waals surface area contributed by atoms with E-state index in [1.54, 1.807) is 0 Å². The molecule has 0 atom stereocenters. The van der Waals surface area contributed by atoms with Crippen LogP contribution < -0.4 is 0 Å². The summed E-state index contributed by atoms with van der Waals surface area (Å²) in [7, 11) is 0. The van der Waals surface area contributed by atoms with Crippen molar-refractivity contribution in [3.63, 3.8) is 0 Å². The highest BCUT2D eigenvalue weighted by Crippen LogP contribution is 2.41. The normalized spacial score (nSPS) is 20.7. The maximum Gasteiger partial charge on any atom is 0.411 e. The summed E-state index contributed by atoms with van der Waals surface area (Å²) in [6.45, 7) is -0.0735. The average molecular weight is 182 g/mol. The third-order valence-corrected chi connectivity index (χ3v) is 1.86. The van der Waals surface area contributed by atoms with Crippen LogP contribution in [0.3, 0.4) is 0 Å². The molecule has 0 aliphatic heterocycles. The SMILES string of the molecule is CC(=O)C1(OCC(F)(F)F)CC1. The van der Waals surface area contributed by atoms with Crippen LogP contribution in [0.5, 0.6) is 0 Å². The molecule has 1 aliphatic carbocycles. The Kier molecular flexibility index (Phi) is 2.16. The second-order valence-corrected chi connectivity index (χ2v) is 2.95. The maximum absolute atomic E-state index is 11.6. The van der Waals surface area contributed by atoms with Gasteiger partial charge in [-0.05, 0) is 19.8 Å². The summed E-state index contributed by atoms with van der Waals surface area (Å²) in [5.41, 5.74) is -1.10. The van der Waals surface area contributed by atoms with Crippen LogP contribution in [-0.2, 0) is 9.53 Å². The molecule has 0 bridgehead atoms. The van der Waals surface area contributed by atoms with Gasteiger partial charge in [0.05, 0.1) is 0 Å². The Bertz CT molecular complexity index is 193. The van der Waals surface area contributed by atoms with E-state index in [-0.39, 0.29) is 5.78 Å². The van der Waals surface area contributed by atoms with Crippen LogP contribution in [0.2, 0.25) is 0 Å². The number of Topliss-reactive ketones (excluding diaryl/α,β-unsaturated/α-hetero) is 1. The van der Waals surface area contributed by atoms with E-state index in [1.165, 1.54) is 6.92 Å². The second-order valence-electron chi connectivity index (χ2n) is 2.95. The van der Waals surface area contributed by atoms with Crippen molar-refractivity contribution in [3.05, 3.63) is 0 Å². The molecule has 1 saturated carbocycles. The fourth-order valence-corrected chi connectivity index (χ4v) is 0.932. The number of ketones is 1. The molecule has 0 aromatic carbocycles. The molecule has 2 nitrogen and oxygen atoms in total. The number of hydrogen-bond acceptors (Lipinski definition) is 2. The predicted octanol–water partition coefficient (Wildman–Crippen LogP) is 1.69. The van der Waals surface area contributed by atoms with Gasteiger partial charge in [0.2, 0.25) is 0 Å². The Labute approximate surface area is 67.7 Å². The number of rotatable bonds is 3. The van der Waals surface area contributed by atoms with E-state index in [4.69, 9.17) is 0 Å². The van der Waals surface area contributed by atoms with E-state index in [0.717, 1.165) is 0 Å². The van der Waals surface area contributed by atoms with Crippen molar-refractivity contribution in [1.82, 2.24) is 0 Å². The molecule has 0 heterocycles. The van der Waals surface area contributed by atoms with Gasteiger partial charge in [-0.2, -0.15) is 13.2 Å². The summed E-state index contributed by atoms with van der Waals surface area (Å²) < 4.78 is 39.4. The molecule has 0 N–H and O–H groups in total. The highest BCUT2D eigenvalue weighted by atomic mass is 19.4. The van der Waals surface area contributed by atoms with E-state index < -0.39 is 18.4 Å². The van der Waals surface area contributed by atoms with E-state index in [0.29, 0.717) is 12.8 Å². The van der Waals surface area contributed by atoms with Crippen LogP contribution in [0, 0.1) is 0 Å². The van der Waals surface area contributed by atoms with E-state index in [9.17, 15) is 18.0 Å². The molecule has 0 spiro atoms. The fraction of sp³-hybridized carbons (Fsp3) is 0.857. The van der Waals surface area contributed by atoms with Gasteiger partial charge in [-0.1, -0.05) is 0 Å². The first-order valence-corrected chi connectivity index (χ1v) is 3.57. The Hall–Kier alpha value is -0.580. The van der Waals surface area contributed by atoms with Gasteiger partial charge < -0.3 is 4.74 Å². The summed E-state index contributed by atoms with van der Waals surface area (Å²) >= 11 is 0. The van der Waals surface area contributed by atoms with Crippen LogP contribution >= 0.6 is 0 Å². The Balaban J connectivity index is 2.37. The van der Waals surface area contributed by atoms with Gasteiger partial charge in [-0.3, -0.25) is 4.79 Å². The molecule has 5 heteroatoms. The van der Waals surface area contributed by atoms with Crippen LogP contribution in [-0.4, -0.2) is 24.2 Å². The number of carbonyl (C=O) groups is 1. The molecule has 0 saturated heterocycles. The van der Waals surface area contributed by atoms with Gasteiger partial charge in [-0.15, -0.1) is 0 Å². The lowest BCUT2D eigenvalue weighted by Gasteiger charge is -2.14. The molecule has 1 fully saturated rings. The minimum atomic E-state index is -4.34. The molecular formula is C7H9F3O2. The van der Waals surface area contributed by atoms with Gasteiger partial charge in [0.15, 0.2) is 5.78 Å². The predicted molar refractivity (Wildman–Crippen MR) is 34.7 cm³/mol. The number of hydrogen-bond donors (Lipinski definition) is 0. The minimum Gasteiger partial charge on any atom is -0.358 e. The van der Waals surface area contributed by atoms with Crippen LogP contribution in [0.4, 0.5) is 13.2 Å². The van der Waals surface area contributed by atoms with E-state index >= 15 is 0 Å². The molecule has 0 unspecified atom stereocenters. The first-order chi connectivity index (χ1) is 5.36. The van der Waals surface area contributed by atoms with Crippen molar-refractivity contribution >= 4 is 5.78 Å². The van der Waals surface area contributed by atoms with E-state index in [1.807, 2.05) is 0 Å². The summed E-state index contributed by atoms with van der Waals surface area (Å²) in [5, 5.41) is 0. The van der Waals surface area contributed by atoms with Gasteiger partial charge in [0.25, 0.3) is 0 Å². The average Bonchev–Trinajstić information content (AvgIpc) is 2.61. The molecule has 12 heavy (non-hydrogen) atoms. The maximum atomic E-state index is 11.6.